The molecule has 2 saturated carbocycles. The van der Waals surface area contributed by atoms with E-state index in [-0.39, 0.29) is 0 Å². The molecule has 2 heteroatoms. The summed E-state index contributed by atoms with van der Waals surface area (Å²) in [5, 5.41) is 3.54. The first-order chi connectivity index (χ1) is 8.87. The lowest BCUT2D eigenvalue weighted by atomic mass is 9.43. The minimum Gasteiger partial charge on any atom is -0.316 e. The van der Waals surface area contributed by atoms with Crippen molar-refractivity contribution in [2.45, 2.75) is 44.9 Å². The van der Waals surface area contributed by atoms with Crippen LogP contribution in [0.3, 0.4) is 0 Å². The Bertz CT molecular complexity index is 265. The van der Waals surface area contributed by atoms with E-state index in [9.17, 15) is 0 Å². The lowest BCUT2D eigenvalue weighted by molar-refractivity contribution is -0.131. The molecule has 2 atom stereocenters. The first kappa shape index (κ1) is 11.7. The molecule has 18 heavy (non-hydrogen) atoms. The second kappa shape index (κ2) is 4.49. The third kappa shape index (κ3) is 1.76. The van der Waals surface area contributed by atoms with E-state index < -0.39 is 0 Å². The highest BCUT2D eigenvalue weighted by molar-refractivity contribution is 5.09. The number of piperidine rings is 4. The molecule has 6 fully saturated rings. The van der Waals surface area contributed by atoms with Crippen LogP contribution in [0, 0.1) is 23.2 Å². The van der Waals surface area contributed by atoms with Crippen molar-refractivity contribution < 1.29 is 0 Å². The maximum atomic E-state index is 3.54. The van der Waals surface area contributed by atoms with Gasteiger partial charge in [0.1, 0.15) is 0 Å². The zero-order valence-electron chi connectivity index (χ0n) is 11.7. The minimum atomic E-state index is 0.894. The number of fused-ring (bicyclic) bond motifs is 3. The van der Waals surface area contributed by atoms with Crippen LogP contribution in [0.15, 0.2) is 0 Å². The van der Waals surface area contributed by atoms with Crippen molar-refractivity contribution in [3.8, 4) is 0 Å². The van der Waals surface area contributed by atoms with E-state index in [1.54, 1.807) is 12.8 Å². The number of hydrogen-bond donors (Lipinski definition) is 1. The van der Waals surface area contributed by atoms with E-state index in [0.717, 1.165) is 23.2 Å². The third-order valence-electron chi connectivity index (χ3n) is 6.88. The molecule has 4 saturated heterocycles. The lowest BCUT2D eigenvalue weighted by Crippen LogP contribution is -2.62. The summed E-state index contributed by atoms with van der Waals surface area (Å²) in [6, 6.07) is 0. The molecule has 0 amide bonds. The first-order valence-corrected chi connectivity index (χ1v) is 8.30. The van der Waals surface area contributed by atoms with Crippen molar-refractivity contribution in [3.05, 3.63) is 0 Å². The Morgan fingerprint density at radius 2 is 1.33 bits per heavy atom. The molecule has 2 bridgehead atoms. The standard InChI is InChI=1S/C9H15N.C7H13N/c1-3-9-4-2-8(9)6-10-5-7(1)9;1-4-8-5-2-7(1)3-6-8/h7-8,10H,1-6H2;7H,1-6H2. The molecule has 0 aromatic carbocycles. The quantitative estimate of drug-likeness (QED) is 0.708. The maximum absolute atomic E-state index is 3.54. The Kier molecular flexibility index (Phi) is 2.92. The van der Waals surface area contributed by atoms with Crippen LogP contribution >= 0.6 is 0 Å². The maximum Gasteiger partial charge on any atom is -0.00150 e. The Morgan fingerprint density at radius 1 is 0.778 bits per heavy atom. The van der Waals surface area contributed by atoms with Gasteiger partial charge in [0.15, 0.2) is 0 Å². The molecule has 6 aliphatic rings. The van der Waals surface area contributed by atoms with Gasteiger partial charge in [0.25, 0.3) is 0 Å². The molecule has 102 valence electrons. The van der Waals surface area contributed by atoms with Crippen molar-refractivity contribution in [3.63, 3.8) is 0 Å². The molecule has 2 nitrogen and oxygen atoms in total. The van der Waals surface area contributed by atoms with E-state index in [1.165, 1.54) is 64.8 Å². The monoisotopic (exact) mass is 248 g/mol. The summed E-state index contributed by atoms with van der Waals surface area (Å²) in [6.45, 7) is 6.84. The molecular formula is C16H28N2. The van der Waals surface area contributed by atoms with E-state index >= 15 is 0 Å². The van der Waals surface area contributed by atoms with E-state index in [1.807, 2.05) is 0 Å². The molecule has 0 aromatic heterocycles. The second-order valence-corrected chi connectivity index (χ2v) is 7.44. The van der Waals surface area contributed by atoms with Gasteiger partial charge in [0.05, 0.1) is 0 Å². The summed E-state index contributed by atoms with van der Waals surface area (Å²) in [5.41, 5.74) is 0.894. The van der Waals surface area contributed by atoms with Crippen LogP contribution in [-0.4, -0.2) is 37.6 Å². The van der Waals surface area contributed by atoms with Gasteiger partial charge in [-0.05, 0) is 101 Å². The van der Waals surface area contributed by atoms with Gasteiger partial charge in [-0.15, -0.1) is 0 Å². The molecule has 1 N–H and O–H groups in total. The molecule has 4 aliphatic heterocycles. The van der Waals surface area contributed by atoms with Gasteiger partial charge < -0.3 is 10.2 Å². The van der Waals surface area contributed by atoms with Gasteiger partial charge in [-0.1, -0.05) is 0 Å². The Balaban J connectivity index is 0.000000101. The summed E-state index contributed by atoms with van der Waals surface area (Å²) in [5.74, 6) is 3.28. The highest BCUT2D eigenvalue weighted by Crippen LogP contribution is 2.64. The fourth-order valence-electron chi connectivity index (χ4n) is 5.21. The largest absolute Gasteiger partial charge is 0.316 e. The number of nitrogens with zero attached hydrogens (tertiary/aromatic N) is 1. The van der Waals surface area contributed by atoms with E-state index in [0.29, 0.717) is 0 Å². The third-order valence-corrected chi connectivity index (χ3v) is 6.88. The van der Waals surface area contributed by atoms with Crippen molar-refractivity contribution in [2.75, 3.05) is 32.7 Å². The van der Waals surface area contributed by atoms with Crippen LogP contribution in [0.25, 0.3) is 0 Å². The molecule has 6 rings (SSSR count). The zero-order valence-corrected chi connectivity index (χ0v) is 11.7. The van der Waals surface area contributed by atoms with Crippen LogP contribution < -0.4 is 5.32 Å². The number of nitrogens with one attached hydrogen (secondary N) is 1. The summed E-state index contributed by atoms with van der Waals surface area (Å²) >= 11 is 0. The average molecular weight is 248 g/mol. The Labute approximate surface area is 111 Å². The van der Waals surface area contributed by atoms with Crippen molar-refractivity contribution in [1.82, 2.24) is 10.2 Å². The highest BCUT2D eigenvalue weighted by atomic mass is 15.1. The molecule has 2 unspecified atom stereocenters. The van der Waals surface area contributed by atoms with Gasteiger partial charge >= 0.3 is 0 Å². The van der Waals surface area contributed by atoms with Crippen molar-refractivity contribution in [1.29, 1.82) is 0 Å². The van der Waals surface area contributed by atoms with Crippen LogP contribution in [0.5, 0.6) is 0 Å². The fourth-order valence-corrected chi connectivity index (χ4v) is 5.21. The van der Waals surface area contributed by atoms with Crippen molar-refractivity contribution >= 4 is 0 Å². The Morgan fingerprint density at radius 3 is 1.56 bits per heavy atom. The topological polar surface area (TPSA) is 15.3 Å². The van der Waals surface area contributed by atoms with Crippen LogP contribution in [0.4, 0.5) is 0 Å². The average Bonchev–Trinajstić information content (AvgIpc) is 2.38. The van der Waals surface area contributed by atoms with E-state index in [4.69, 9.17) is 0 Å². The second-order valence-electron chi connectivity index (χ2n) is 7.44. The summed E-state index contributed by atoms with van der Waals surface area (Å²) in [6.07, 6.45) is 10.6. The van der Waals surface area contributed by atoms with Gasteiger partial charge in [-0.3, -0.25) is 0 Å². The van der Waals surface area contributed by atoms with Crippen LogP contribution in [0.2, 0.25) is 0 Å². The Hall–Kier alpha value is -0.0800. The van der Waals surface area contributed by atoms with Gasteiger partial charge in [0, 0.05) is 0 Å². The predicted octanol–water partition coefficient (Wildman–Crippen LogP) is 2.50. The molecule has 4 heterocycles. The smallest absolute Gasteiger partial charge is 0.00150 e. The number of rotatable bonds is 0. The van der Waals surface area contributed by atoms with Gasteiger partial charge in [-0.2, -0.15) is 0 Å². The predicted molar refractivity (Wildman–Crippen MR) is 74.5 cm³/mol. The summed E-state index contributed by atoms with van der Waals surface area (Å²) < 4.78 is 0. The molecule has 0 radical (unpaired) electrons. The van der Waals surface area contributed by atoms with Crippen molar-refractivity contribution in [2.24, 2.45) is 23.2 Å². The lowest BCUT2D eigenvalue weighted by Gasteiger charge is -2.64. The molecule has 1 spiro atoms. The normalized spacial score (nSPS) is 52.0. The minimum absolute atomic E-state index is 0.894. The number of hydrogen-bond acceptors (Lipinski definition) is 2. The van der Waals surface area contributed by atoms with Crippen LogP contribution in [-0.2, 0) is 0 Å². The SMILES string of the molecule is C1CC23CCC2CNCC13.C1CN2CCC1CC2. The fraction of sp³-hybridized carbons (Fsp3) is 1.00. The van der Waals surface area contributed by atoms with Gasteiger partial charge in [0.2, 0.25) is 0 Å². The van der Waals surface area contributed by atoms with Crippen LogP contribution in [0.1, 0.15) is 44.9 Å². The molecule has 2 aliphatic carbocycles. The summed E-state index contributed by atoms with van der Waals surface area (Å²) in [4.78, 5) is 2.58. The highest BCUT2D eigenvalue weighted by Gasteiger charge is 2.58. The molecular weight excluding hydrogens is 220 g/mol. The van der Waals surface area contributed by atoms with Gasteiger partial charge in [-0.25, -0.2) is 0 Å². The summed E-state index contributed by atoms with van der Waals surface area (Å²) in [7, 11) is 0. The van der Waals surface area contributed by atoms with E-state index in [2.05, 4.69) is 10.2 Å². The molecule has 0 aromatic rings. The zero-order chi connectivity index (χ0) is 12.0. The first-order valence-electron chi connectivity index (χ1n) is 8.30.